The van der Waals surface area contributed by atoms with Crippen LogP contribution in [0, 0.1) is 5.82 Å². The summed E-state index contributed by atoms with van der Waals surface area (Å²) in [5, 5.41) is 2.61. The number of aromatic nitrogens is 3. The van der Waals surface area contributed by atoms with Crippen molar-refractivity contribution in [3.05, 3.63) is 72.7 Å². The Bertz CT molecular complexity index is 754. The maximum absolute atomic E-state index is 13.5. The number of benzene rings is 1. The van der Waals surface area contributed by atoms with E-state index in [1.165, 1.54) is 24.4 Å². The van der Waals surface area contributed by atoms with Gasteiger partial charge in [-0.25, -0.2) is 14.4 Å². The minimum Gasteiger partial charge on any atom is -0.320 e. The number of anilines is 1. The molecular formula is C15H11FN4O. The first kappa shape index (κ1) is 13.0. The minimum atomic E-state index is -0.557. The first-order chi connectivity index (χ1) is 10.2. The SMILES string of the molecule is O=C(Nc1ccc(-n2ccnc2)nc1)c1ccccc1F. The number of nitrogens with one attached hydrogen (secondary N) is 1. The Balaban J connectivity index is 1.77. The lowest BCUT2D eigenvalue weighted by Gasteiger charge is -2.07. The summed E-state index contributed by atoms with van der Waals surface area (Å²) >= 11 is 0. The number of rotatable bonds is 3. The summed E-state index contributed by atoms with van der Waals surface area (Å²) in [6, 6.07) is 9.25. The van der Waals surface area contributed by atoms with Gasteiger partial charge in [-0.15, -0.1) is 0 Å². The van der Waals surface area contributed by atoms with Gasteiger partial charge >= 0.3 is 0 Å². The fraction of sp³-hybridized carbons (Fsp3) is 0. The van der Waals surface area contributed by atoms with Crippen molar-refractivity contribution in [1.82, 2.24) is 14.5 Å². The van der Waals surface area contributed by atoms with Gasteiger partial charge in [-0.1, -0.05) is 12.1 Å². The monoisotopic (exact) mass is 282 g/mol. The Labute approximate surface area is 120 Å². The van der Waals surface area contributed by atoms with Crippen LogP contribution in [0.25, 0.3) is 5.82 Å². The molecule has 2 aromatic heterocycles. The molecule has 104 valence electrons. The van der Waals surface area contributed by atoms with E-state index >= 15 is 0 Å². The third-order valence-corrected chi connectivity index (χ3v) is 2.89. The van der Waals surface area contributed by atoms with Crippen LogP contribution in [0.2, 0.25) is 0 Å². The molecule has 0 aliphatic heterocycles. The summed E-state index contributed by atoms with van der Waals surface area (Å²) in [5.74, 6) is -0.389. The zero-order valence-corrected chi connectivity index (χ0v) is 10.9. The van der Waals surface area contributed by atoms with Crippen molar-refractivity contribution in [2.24, 2.45) is 0 Å². The van der Waals surface area contributed by atoms with Crippen LogP contribution in [-0.4, -0.2) is 20.4 Å². The topological polar surface area (TPSA) is 59.8 Å². The van der Waals surface area contributed by atoms with Gasteiger partial charge in [0.1, 0.15) is 18.0 Å². The smallest absolute Gasteiger partial charge is 0.258 e. The van der Waals surface area contributed by atoms with Crippen molar-refractivity contribution in [2.75, 3.05) is 5.32 Å². The molecule has 1 amide bonds. The van der Waals surface area contributed by atoms with Crippen LogP contribution < -0.4 is 5.32 Å². The molecule has 1 aromatic carbocycles. The van der Waals surface area contributed by atoms with E-state index in [-0.39, 0.29) is 5.56 Å². The number of nitrogens with zero attached hydrogens (tertiary/aromatic N) is 3. The van der Waals surface area contributed by atoms with Crippen molar-refractivity contribution in [2.45, 2.75) is 0 Å². The molecule has 0 saturated carbocycles. The van der Waals surface area contributed by atoms with Crippen LogP contribution in [0.5, 0.6) is 0 Å². The second kappa shape index (κ2) is 5.54. The van der Waals surface area contributed by atoms with E-state index in [0.29, 0.717) is 11.5 Å². The van der Waals surface area contributed by atoms with Gasteiger partial charge in [0.15, 0.2) is 0 Å². The average Bonchev–Trinajstić information content (AvgIpc) is 3.02. The van der Waals surface area contributed by atoms with E-state index in [4.69, 9.17) is 0 Å². The zero-order valence-electron chi connectivity index (χ0n) is 10.9. The van der Waals surface area contributed by atoms with Crippen molar-refractivity contribution in [3.8, 4) is 5.82 Å². The molecule has 2 heterocycles. The fourth-order valence-electron chi connectivity index (χ4n) is 1.85. The lowest BCUT2D eigenvalue weighted by molar-refractivity contribution is 0.102. The lowest BCUT2D eigenvalue weighted by Crippen LogP contribution is -2.13. The molecule has 3 rings (SSSR count). The molecule has 0 bridgehead atoms. The van der Waals surface area contributed by atoms with Gasteiger partial charge in [0.05, 0.1) is 17.4 Å². The van der Waals surface area contributed by atoms with Crippen molar-refractivity contribution in [3.63, 3.8) is 0 Å². The molecule has 6 heteroatoms. The number of imidazole rings is 1. The molecule has 0 atom stereocenters. The van der Waals surface area contributed by atoms with Gasteiger partial charge in [-0.05, 0) is 24.3 Å². The van der Waals surface area contributed by atoms with Gasteiger partial charge in [0, 0.05) is 12.4 Å². The third kappa shape index (κ3) is 2.79. The quantitative estimate of drug-likeness (QED) is 0.803. The molecule has 0 aliphatic rings. The van der Waals surface area contributed by atoms with Crippen molar-refractivity contribution >= 4 is 11.6 Å². The number of carbonyl (C=O) groups excluding carboxylic acids is 1. The van der Waals surface area contributed by atoms with Crippen LogP contribution in [0.15, 0.2) is 61.3 Å². The second-order valence-electron chi connectivity index (χ2n) is 4.31. The summed E-state index contributed by atoms with van der Waals surface area (Å²) in [4.78, 5) is 20.1. The average molecular weight is 282 g/mol. The van der Waals surface area contributed by atoms with Gasteiger partial charge in [0.25, 0.3) is 5.91 Å². The second-order valence-corrected chi connectivity index (χ2v) is 4.31. The number of hydrogen-bond donors (Lipinski definition) is 1. The molecule has 21 heavy (non-hydrogen) atoms. The zero-order chi connectivity index (χ0) is 14.7. The van der Waals surface area contributed by atoms with Crippen molar-refractivity contribution in [1.29, 1.82) is 0 Å². The Kier molecular flexibility index (Phi) is 3.42. The molecule has 0 radical (unpaired) electrons. The third-order valence-electron chi connectivity index (χ3n) is 2.89. The Hall–Kier alpha value is -3.02. The first-order valence-electron chi connectivity index (χ1n) is 6.24. The molecular weight excluding hydrogens is 271 g/mol. The minimum absolute atomic E-state index is 0.00353. The number of carbonyl (C=O) groups is 1. The molecule has 3 aromatic rings. The maximum Gasteiger partial charge on any atom is 0.258 e. The highest BCUT2D eigenvalue weighted by molar-refractivity contribution is 6.04. The summed E-state index contributed by atoms with van der Waals surface area (Å²) < 4.78 is 15.2. The highest BCUT2D eigenvalue weighted by Crippen LogP contribution is 2.13. The van der Waals surface area contributed by atoms with E-state index in [0.717, 1.165) is 0 Å². The summed E-state index contributed by atoms with van der Waals surface area (Å²) in [6.45, 7) is 0. The standard InChI is InChI=1S/C15H11FN4O/c16-13-4-2-1-3-12(13)15(21)19-11-5-6-14(18-9-11)20-8-7-17-10-20/h1-10H,(H,19,21). The number of pyridine rings is 1. The Morgan fingerprint density at radius 1 is 1.19 bits per heavy atom. The van der Waals surface area contributed by atoms with Crippen LogP contribution in [-0.2, 0) is 0 Å². The highest BCUT2D eigenvalue weighted by atomic mass is 19.1. The first-order valence-corrected chi connectivity index (χ1v) is 6.24. The maximum atomic E-state index is 13.5. The van der Waals surface area contributed by atoms with Crippen molar-refractivity contribution < 1.29 is 9.18 Å². The van der Waals surface area contributed by atoms with Crippen LogP contribution in [0.1, 0.15) is 10.4 Å². The summed E-state index contributed by atoms with van der Waals surface area (Å²) in [5.41, 5.74) is 0.489. The lowest BCUT2D eigenvalue weighted by atomic mass is 10.2. The van der Waals surface area contributed by atoms with E-state index in [2.05, 4.69) is 15.3 Å². The van der Waals surface area contributed by atoms with Gasteiger partial charge in [-0.3, -0.25) is 9.36 Å². The Morgan fingerprint density at radius 3 is 2.71 bits per heavy atom. The van der Waals surface area contributed by atoms with Gasteiger partial charge in [0.2, 0.25) is 0 Å². The molecule has 0 unspecified atom stereocenters. The Morgan fingerprint density at radius 2 is 2.05 bits per heavy atom. The predicted molar refractivity (Wildman–Crippen MR) is 75.7 cm³/mol. The van der Waals surface area contributed by atoms with Gasteiger partial charge < -0.3 is 5.32 Å². The van der Waals surface area contributed by atoms with Crippen LogP contribution in [0.4, 0.5) is 10.1 Å². The largest absolute Gasteiger partial charge is 0.320 e. The van der Waals surface area contributed by atoms with E-state index < -0.39 is 11.7 Å². The molecule has 0 aliphatic carbocycles. The molecule has 1 N–H and O–H groups in total. The molecule has 0 spiro atoms. The highest BCUT2D eigenvalue weighted by Gasteiger charge is 2.11. The normalized spacial score (nSPS) is 10.3. The number of halogens is 1. The van der Waals surface area contributed by atoms with E-state index in [1.54, 1.807) is 41.5 Å². The summed E-state index contributed by atoms with van der Waals surface area (Å²) in [7, 11) is 0. The van der Waals surface area contributed by atoms with Crippen LogP contribution >= 0.6 is 0 Å². The molecule has 5 nitrogen and oxygen atoms in total. The van der Waals surface area contributed by atoms with Gasteiger partial charge in [-0.2, -0.15) is 0 Å². The number of amides is 1. The van der Waals surface area contributed by atoms with Crippen LogP contribution in [0.3, 0.4) is 0 Å². The molecule has 0 fully saturated rings. The summed E-state index contributed by atoms with van der Waals surface area (Å²) in [6.07, 6.45) is 6.55. The fourth-order valence-corrected chi connectivity index (χ4v) is 1.85. The van der Waals surface area contributed by atoms with E-state index in [9.17, 15) is 9.18 Å². The van der Waals surface area contributed by atoms with E-state index in [1.807, 2.05) is 0 Å². The predicted octanol–water partition coefficient (Wildman–Crippen LogP) is 2.66. The molecule has 0 saturated heterocycles. The number of hydrogen-bond acceptors (Lipinski definition) is 3.